The Labute approximate surface area is 105 Å². The first-order valence-corrected chi connectivity index (χ1v) is 6.76. The third-order valence-electron chi connectivity index (χ3n) is 2.82. The lowest BCUT2D eigenvalue weighted by Gasteiger charge is -2.17. The molecule has 0 saturated carbocycles. The zero-order chi connectivity index (χ0) is 12.5. The van der Waals surface area contributed by atoms with E-state index in [1.165, 1.54) is 18.5 Å². The van der Waals surface area contributed by atoms with Gasteiger partial charge in [-0.25, -0.2) is 4.98 Å². The minimum absolute atomic E-state index is 0.571. The molecule has 1 atom stereocenters. The molecule has 1 rings (SSSR count). The van der Waals surface area contributed by atoms with E-state index in [2.05, 4.69) is 42.5 Å². The van der Waals surface area contributed by atoms with Gasteiger partial charge in [-0.15, -0.1) is 0 Å². The molecule has 1 aromatic rings. The second-order valence-electron chi connectivity index (χ2n) is 4.39. The molecule has 0 saturated heterocycles. The van der Waals surface area contributed by atoms with Crippen molar-refractivity contribution in [1.29, 1.82) is 0 Å². The predicted molar refractivity (Wildman–Crippen MR) is 75.6 cm³/mol. The second-order valence-corrected chi connectivity index (χ2v) is 4.39. The summed E-state index contributed by atoms with van der Waals surface area (Å²) in [7, 11) is 0. The third kappa shape index (κ3) is 5.07. The Morgan fingerprint density at radius 3 is 2.71 bits per heavy atom. The van der Waals surface area contributed by atoms with Crippen LogP contribution >= 0.6 is 0 Å². The molecule has 96 valence electrons. The van der Waals surface area contributed by atoms with Crippen LogP contribution in [0, 0.1) is 0 Å². The van der Waals surface area contributed by atoms with Gasteiger partial charge in [-0.3, -0.25) is 0 Å². The number of aromatic nitrogens is 1. The molecule has 0 amide bonds. The van der Waals surface area contributed by atoms with Crippen molar-refractivity contribution in [2.45, 2.75) is 52.5 Å². The van der Waals surface area contributed by atoms with E-state index in [0.29, 0.717) is 6.04 Å². The van der Waals surface area contributed by atoms with Gasteiger partial charge in [0.15, 0.2) is 0 Å². The van der Waals surface area contributed by atoms with Gasteiger partial charge in [0, 0.05) is 30.5 Å². The van der Waals surface area contributed by atoms with E-state index in [4.69, 9.17) is 0 Å². The van der Waals surface area contributed by atoms with E-state index in [0.717, 1.165) is 25.2 Å². The molecule has 1 unspecified atom stereocenters. The first kappa shape index (κ1) is 13.8. The van der Waals surface area contributed by atoms with Gasteiger partial charge in [-0.05, 0) is 25.3 Å². The number of hydrogen-bond acceptors (Lipinski definition) is 3. The maximum absolute atomic E-state index is 4.30. The summed E-state index contributed by atoms with van der Waals surface area (Å²) in [4.78, 5) is 4.30. The van der Waals surface area contributed by atoms with Crippen molar-refractivity contribution in [1.82, 2.24) is 4.98 Å². The first-order valence-electron chi connectivity index (χ1n) is 6.76. The molecular weight excluding hydrogens is 210 g/mol. The highest BCUT2D eigenvalue weighted by Crippen LogP contribution is 2.15. The van der Waals surface area contributed by atoms with Crippen molar-refractivity contribution < 1.29 is 0 Å². The van der Waals surface area contributed by atoms with Gasteiger partial charge in [-0.1, -0.05) is 27.2 Å². The van der Waals surface area contributed by atoms with Crippen LogP contribution in [0.15, 0.2) is 18.3 Å². The van der Waals surface area contributed by atoms with Crippen molar-refractivity contribution in [2.24, 2.45) is 0 Å². The minimum Gasteiger partial charge on any atom is -0.382 e. The maximum atomic E-state index is 4.30. The summed E-state index contributed by atoms with van der Waals surface area (Å²) >= 11 is 0. The normalized spacial score (nSPS) is 12.2. The third-order valence-corrected chi connectivity index (χ3v) is 2.82. The fourth-order valence-corrected chi connectivity index (χ4v) is 1.83. The Kier molecular flexibility index (Phi) is 6.45. The van der Waals surface area contributed by atoms with Crippen LogP contribution in [-0.4, -0.2) is 17.6 Å². The van der Waals surface area contributed by atoms with E-state index < -0.39 is 0 Å². The number of nitrogens with zero attached hydrogens (tertiary/aromatic N) is 1. The molecule has 17 heavy (non-hydrogen) atoms. The molecule has 3 nitrogen and oxygen atoms in total. The molecule has 1 aromatic heterocycles. The molecule has 0 aliphatic heterocycles. The van der Waals surface area contributed by atoms with E-state index in [9.17, 15) is 0 Å². The largest absolute Gasteiger partial charge is 0.382 e. The Hall–Kier alpha value is -1.25. The summed E-state index contributed by atoms with van der Waals surface area (Å²) in [5.41, 5.74) is 1.17. The van der Waals surface area contributed by atoms with Crippen molar-refractivity contribution in [3.8, 4) is 0 Å². The first-order chi connectivity index (χ1) is 8.30. The van der Waals surface area contributed by atoms with E-state index in [1.54, 1.807) is 0 Å². The van der Waals surface area contributed by atoms with Crippen LogP contribution in [0.3, 0.4) is 0 Å². The zero-order valence-electron chi connectivity index (χ0n) is 11.3. The number of hydrogen-bond donors (Lipinski definition) is 2. The Morgan fingerprint density at radius 2 is 2.06 bits per heavy atom. The van der Waals surface area contributed by atoms with Crippen LogP contribution in [0.4, 0.5) is 11.5 Å². The summed E-state index contributed by atoms with van der Waals surface area (Å²) < 4.78 is 0. The molecule has 0 aliphatic rings. The van der Waals surface area contributed by atoms with Crippen molar-refractivity contribution in [3.05, 3.63) is 18.3 Å². The molecule has 0 spiro atoms. The summed E-state index contributed by atoms with van der Waals surface area (Å²) in [6.07, 6.45) is 6.58. The molecule has 1 heterocycles. The average Bonchev–Trinajstić information content (AvgIpc) is 2.36. The van der Waals surface area contributed by atoms with Crippen LogP contribution < -0.4 is 10.6 Å². The number of pyridine rings is 1. The lowest BCUT2D eigenvalue weighted by Crippen LogP contribution is -2.18. The SMILES string of the molecule is CCCNc1cc(NC(CC)CCC)ccn1. The van der Waals surface area contributed by atoms with Gasteiger partial charge >= 0.3 is 0 Å². The van der Waals surface area contributed by atoms with Crippen LogP contribution in [-0.2, 0) is 0 Å². The van der Waals surface area contributed by atoms with Crippen LogP contribution in [0.5, 0.6) is 0 Å². The van der Waals surface area contributed by atoms with Crippen LogP contribution in [0.1, 0.15) is 46.5 Å². The van der Waals surface area contributed by atoms with Gasteiger partial charge < -0.3 is 10.6 Å². The lowest BCUT2D eigenvalue weighted by molar-refractivity contribution is 0.623. The monoisotopic (exact) mass is 235 g/mol. The summed E-state index contributed by atoms with van der Waals surface area (Å²) in [5.74, 6) is 0.961. The highest BCUT2D eigenvalue weighted by molar-refractivity contribution is 5.52. The molecule has 0 bridgehead atoms. The quantitative estimate of drug-likeness (QED) is 0.717. The van der Waals surface area contributed by atoms with Crippen molar-refractivity contribution in [2.75, 3.05) is 17.2 Å². The van der Waals surface area contributed by atoms with Crippen LogP contribution in [0.2, 0.25) is 0 Å². The highest BCUT2D eigenvalue weighted by Gasteiger charge is 2.05. The van der Waals surface area contributed by atoms with E-state index >= 15 is 0 Å². The lowest BCUT2D eigenvalue weighted by atomic mass is 10.1. The topological polar surface area (TPSA) is 37.0 Å². The van der Waals surface area contributed by atoms with Gasteiger partial charge in [0.2, 0.25) is 0 Å². The van der Waals surface area contributed by atoms with Gasteiger partial charge in [0.05, 0.1) is 0 Å². The van der Waals surface area contributed by atoms with Crippen LogP contribution in [0.25, 0.3) is 0 Å². The standard InChI is InChI=1S/C14H25N3/c1-4-7-12(6-3)17-13-8-10-16-14(11-13)15-9-5-2/h8,10-12H,4-7,9H2,1-3H3,(H2,15,16,17). The molecule has 0 fully saturated rings. The predicted octanol–water partition coefficient (Wildman–Crippen LogP) is 3.89. The number of rotatable bonds is 8. The maximum Gasteiger partial charge on any atom is 0.127 e. The summed E-state index contributed by atoms with van der Waals surface area (Å²) in [5, 5.41) is 6.87. The van der Waals surface area contributed by atoms with Crippen molar-refractivity contribution in [3.63, 3.8) is 0 Å². The summed E-state index contributed by atoms with van der Waals surface area (Å²) in [6.45, 7) is 7.59. The molecule has 0 aromatic carbocycles. The van der Waals surface area contributed by atoms with Gasteiger partial charge in [0.25, 0.3) is 0 Å². The molecular formula is C14H25N3. The van der Waals surface area contributed by atoms with Gasteiger partial charge in [-0.2, -0.15) is 0 Å². The number of anilines is 2. The summed E-state index contributed by atoms with van der Waals surface area (Å²) in [6, 6.07) is 4.70. The molecule has 0 radical (unpaired) electrons. The van der Waals surface area contributed by atoms with Gasteiger partial charge in [0.1, 0.15) is 5.82 Å². The smallest absolute Gasteiger partial charge is 0.127 e. The van der Waals surface area contributed by atoms with E-state index in [-0.39, 0.29) is 0 Å². The highest BCUT2D eigenvalue weighted by atomic mass is 15.0. The van der Waals surface area contributed by atoms with E-state index in [1.807, 2.05) is 12.3 Å². The minimum atomic E-state index is 0.571. The zero-order valence-corrected chi connectivity index (χ0v) is 11.3. The fourth-order valence-electron chi connectivity index (χ4n) is 1.83. The Balaban J connectivity index is 2.57. The average molecular weight is 235 g/mol. The molecule has 2 N–H and O–H groups in total. The Bertz CT molecular complexity index is 312. The molecule has 3 heteroatoms. The Morgan fingerprint density at radius 1 is 1.24 bits per heavy atom. The second kappa shape index (κ2) is 7.93. The molecule has 0 aliphatic carbocycles. The number of nitrogens with one attached hydrogen (secondary N) is 2. The van der Waals surface area contributed by atoms with Crippen molar-refractivity contribution >= 4 is 11.5 Å². The fraction of sp³-hybridized carbons (Fsp3) is 0.643.